The van der Waals surface area contributed by atoms with Gasteiger partial charge in [0, 0.05) is 17.6 Å². The summed E-state index contributed by atoms with van der Waals surface area (Å²) in [5, 5.41) is 21.5. The molecule has 0 saturated carbocycles. The number of hydrogen-bond donors (Lipinski definition) is 0. The van der Waals surface area contributed by atoms with Gasteiger partial charge in [-0.1, -0.05) is 0 Å². The molecule has 1 aromatic carbocycles. The summed E-state index contributed by atoms with van der Waals surface area (Å²) in [7, 11) is -3.64. The van der Waals surface area contributed by atoms with Gasteiger partial charge in [0.05, 0.1) is 17.4 Å². The summed E-state index contributed by atoms with van der Waals surface area (Å²) in [6, 6.07) is 5.65. The molecule has 0 bridgehead atoms. The van der Waals surface area contributed by atoms with Crippen LogP contribution in [-0.4, -0.2) is 51.0 Å². The van der Waals surface area contributed by atoms with E-state index in [2.05, 4.69) is 15.5 Å². The monoisotopic (exact) mass is 366 g/mol. The van der Waals surface area contributed by atoms with Crippen LogP contribution in [0.5, 0.6) is 0 Å². The van der Waals surface area contributed by atoms with Crippen LogP contribution >= 0.6 is 0 Å². The molecule has 0 amide bonds. The third-order valence-corrected chi connectivity index (χ3v) is 5.78. The molecular formula is C15H20N5O4S-. The van der Waals surface area contributed by atoms with Crippen molar-refractivity contribution in [3.63, 3.8) is 0 Å². The van der Waals surface area contributed by atoms with E-state index in [1.54, 1.807) is 12.1 Å². The smallest absolute Gasteiger partial charge is 0.243 e. The maximum absolute atomic E-state index is 12.8. The summed E-state index contributed by atoms with van der Waals surface area (Å²) in [4.78, 5) is 10.9. The number of tetrazole rings is 1. The molecule has 0 radical (unpaired) electrons. The van der Waals surface area contributed by atoms with Gasteiger partial charge in [-0.05, 0) is 62.4 Å². The molecule has 9 nitrogen and oxygen atoms in total. The largest absolute Gasteiger partial charge is 0.548 e. The molecule has 0 saturated heterocycles. The van der Waals surface area contributed by atoms with Crippen LogP contribution in [0.1, 0.15) is 27.7 Å². The molecule has 1 heterocycles. The third kappa shape index (κ3) is 4.02. The summed E-state index contributed by atoms with van der Waals surface area (Å²) in [6.07, 6.45) is 0. The highest BCUT2D eigenvalue weighted by molar-refractivity contribution is 7.89. The van der Waals surface area contributed by atoms with Crippen molar-refractivity contribution in [3.05, 3.63) is 24.3 Å². The van der Waals surface area contributed by atoms with Crippen molar-refractivity contribution in [2.75, 3.05) is 0 Å². The van der Waals surface area contributed by atoms with E-state index >= 15 is 0 Å². The average molecular weight is 366 g/mol. The quantitative estimate of drug-likeness (QED) is 0.670. The van der Waals surface area contributed by atoms with Gasteiger partial charge < -0.3 is 9.90 Å². The van der Waals surface area contributed by atoms with E-state index in [0.29, 0.717) is 5.56 Å². The Morgan fingerprint density at radius 2 is 1.72 bits per heavy atom. The number of aliphatic carboxylic acids is 1. The highest BCUT2D eigenvalue weighted by Crippen LogP contribution is 2.24. The van der Waals surface area contributed by atoms with Gasteiger partial charge in [0.2, 0.25) is 10.0 Å². The minimum Gasteiger partial charge on any atom is -0.548 e. The molecule has 0 fully saturated rings. The Morgan fingerprint density at radius 3 is 2.20 bits per heavy atom. The summed E-state index contributed by atoms with van der Waals surface area (Å²) in [6.45, 7) is 6.79. The van der Waals surface area contributed by atoms with Gasteiger partial charge in [0.25, 0.3) is 0 Å². The average Bonchev–Trinajstić information content (AvgIpc) is 2.93. The molecule has 2 rings (SSSR count). The summed E-state index contributed by atoms with van der Waals surface area (Å²) < 4.78 is 28.1. The topological polar surface area (TPSA) is 121 Å². The summed E-state index contributed by atoms with van der Waals surface area (Å²) in [5.74, 6) is -1.10. The maximum atomic E-state index is 12.8. The van der Waals surface area contributed by atoms with Crippen LogP contribution < -0.4 is 5.11 Å². The molecular weight excluding hydrogens is 346 g/mol. The highest BCUT2D eigenvalue weighted by Gasteiger charge is 2.29. The number of aromatic nitrogens is 4. The standard InChI is InChI=1S/C15H21N5O4S/c1-10(2)20(11(3)4)25(23,24)13-7-5-12(6-8-13)15-16-17-18-19(15)9-14(21)22/h5-8,10-11H,9H2,1-4H3,(H,21,22)/p-1. The number of carbonyl (C=O) groups excluding carboxylic acids is 1. The maximum Gasteiger partial charge on any atom is 0.243 e. The van der Waals surface area contributed by atoms with Crippen molar-refractivity contribution in [1.82, 2.24) is 24.5 Å². The van der Waals surface area contributed by atoms with Crippen LogP contribution in [0.25, 0.3) is 11.4 Å². The van der Waals surface area contributed by atoms with Crippen molar-refractivity contribution in [2.24, 2.45) is 0 Å². The number of benzene rings is 1. The highest BCUT2D eigenvalue weighted by atomic mass is 32.2. The molecule has 25 heavy (non-hydrogen) atoms. The Hall–Kier alpha value is -2.33. The number of carbonyl (C=O) groups is 1. The molecule has 0 aliphatic heterocycles. The van der Waals surface area contributed by atoms with E-state index in [9.17, 15) is 18.3 Å². The van der Waals surface area contributed by atoms with E-state index in [1.165, 1.54) is 16.4 Å². The van der Waals surface area contributed by atoms with Crippen molar-refractivity contribution in [3.8, 4) is 11.4 Å². The van der Waals surface area contributed by atoms with Gasteiger partial charge >= 0.3 is 0 Å². The predicted molar refractivity (Wildman–Crippen MR) is 87.6 cm³/mol. The third-order valence-electron chi connectivity index (χ3n) is 3.52. The number of hydrogen-bond acceptors (Lipinski definition) is 7. The van der Waals surface area contributed by atoms with Crippen molar-refractivity contribution in [2.45, 2.75) is 51.2 Å². The van der Waals surface area contributed by atoms with Gasteiger partial charge in [-0.3, -0.25) is 0 Å². The fourth-order valence-corrected chi connectivity index (χ4v) is 4.52. The van der Waals surface area contributed by atoms with Gasteiger partial charge in [-0.2, -0.15) is 4.31 Å². The normalized spacial score (nSPS) is 12.3. The van der Waals surface area contributed by atoms with E-state index < -0.39 is 22.5 Å². The second-order valence-corrected chi connectivity index (χ2v) is 7.92. The summed E-state index contributed by atoms with van der Waals surface area (Å²) >= 11 is 0. The fraction of sp³-hybridized carbons (Fsp3) is 0.467. The molecule has 136 valence electrons. The molecule has 0 N–H and O–H groups in total. The molecule has 0 aliphatic rings. The Labute approximate surface area is 146 Å². The van der Waals surface area contributed by atoms with E-state index in [0.717, 1.165) is 4.68 Å². The first-order valence-electron chi connectivity index (χ1n) is 7.74. The minimum absolute atomic E-state index is 0.151. The molecule has 0 aliphatic carbocycles. The molecule has 1 aromatic heterocycles. The van der Waals surface area contributed by atoms with Crippen LogP contribution in [0.4, 0.5) is 0 Å². The first-order chi connectivity index (χ1) is 11.6. The Morgan fingerprint density at radius 1 is 1.16 bits per heavy atom. The first kappa shape index (κ1) is 19.0. The van der Waals surface area contributed by atoms with Gasteiger partial charge in [0.15, 0.2) is 5.82 Å². The zero-order valence-corrected chi connectivity index (χ0v) is 15.3. The molecule has 0 unspecified atom stereocenters. The number of sulfonamides is 1. The molecule has 0 atom stereocenters. The van der Waals surface area contributed by atoms with Crippen molar-refractivity contribution >= 4 is 16.0 Å². The first-order valence-corrected chi connectivity index (χ1v) is 9.18. The van der Waals surface area contributed by atoms with Crippen LogP contribution in [0.2, 0.25) is 0 Å². The Balaban J connectivity index is 2.37. The summed E-state index contributed by atoms with van der Waals surface area (Å²) in [5.41, 5.74) is 0.505. The van der Waals surface area contributed by atoms with Gasteiger partial charge in [0.1, 0.15) is 0 Å². The number of rotatable bonds is 7. The fourth-order valence-electron chi connectivity index (χ4n) is 2.69. The Bertz CT molecular complexity index is 835. The zero-order valence-electron chi connectivity index (χ0n) is 14.4. The molecule has 2 aromatic rings. The van der Waals surface area contributed by atoms with E-state index in [4.69, 9.17) is 0 Å². The van der Waals surface area contributed by atoms with E-state index in [-0.39, 0.29) is 22.8 Å². The van der Waals surface area contributed by atoms with Crippen LogP contribution in [-0.2, 0) is 21.4 Å². The van der Waals surface area contributed by atoms with Crippen LogP contribution in [0.15, 0.2) is 29.2 Å². The second kappa shape index (κ2) is 7.28. The molecule has 0 spiro atoms. The van der Waals surface area contributed by atoms with Crippen LogP contribution in [0, 0.1) is 0 Å². The van der Waals surface area contributed by atoms with Crippen LogP contribution in [0.3, 0.4) is 0 Å². The van der Waals surface area contributed by atoms with Crippen molar-refractivity contribution in [1.29, 1.82) is 0 Å². The number of nitrogens with zero attached hydrogens (tertiary/aromatic N) is 5. The van der Waals surface area contributed by atoms with Gasteiger partial charge in [-0.15, -0.1) is 5.10 Å². The lowest BCUT2D eigenvalue weighted by molar-refractivity contribution is -0.306. The minimum atomic E-state index is -3.64. The lowest BCUT2D eigenvalue weighted by Crippen LogP contribution is -2.41. The molecule has 10 heteroatoms. The van der Waals surface area contributed by atoms with E-state index in [1.807, 2.05) is 27.7 Å². The lowest BCUT2D eigenvalue weighted by atomic mass is 10.2. The second-order valence-electron chi connectivity index (χ2n) is 6.08. The predicted octanol–water partition coefficient (Wildman–Crippen LogP) is -0.102. The van der Waals surface area contributed by atoms with Gasteiger partial charge in [-0.25, -0.2) is 13.1 Å². The number of carboxylic acid groups (broad SMARTS) is 1. The Kier molecular flexibility index (Phi) is 5.53. The van der Waals surface area contributed by atoms with Crippen molar-refractivity contribution < 1.29 is 18.3 Å². The lowest BCUT2D eigenvalue weighted by Gasteiger charge is -2.29. The zero-order chi connectivity index (χ0) is 18.8. The SMILES string of the molecule is CC(C)N(C(C)C)S(=O)(=O)c1ccc(-c2nnnn2CC(=O)[O-])cc1. The number of carboxylic acids is 1.